The lowest BCUT2D eigenvalue weighted by molar-refractivity contribution is 0.292. The second-order valence-electron chi connectivity index (χ2n) is 4.19. The third kappa shape index (κ3) is 5.66. The third-order valence-electron chi connectivity index (χ3n) is 2.67. The molecule has 20 heavy (non-hydrogen) atoms. The Kier molecular flexibility index (Phi) is 8.60. The van der Waals surface area contributed by atoms with Gasteiger partial charge in [0.2, 0.25) is 0 Å². The zero-order valence-electron chi connectivity index (χ0n) is 12.0. The molecule has 0 saturated heterocycles. The van der Waals surface area contributed by atoms with Gasteiger partial charge in [0.1, 0.15) is 0 Å². The number of aliphatic hydroxyl groups excluding tert-OH is 1. The van der Waals surface area contributed by atoms with Gasteiger partial charge in [0.25, 0.3) is 0 Å². The summed E-state index contributed by atoms with van der Waals surface area (Å²) in [6.45, 7) is 5.77. The third-order valence-corrected chi connectivity index (χ3v) is 3.26. The molecule has 0 aliphatic carbocycles. The van der Waals surface area contributed by atoms with Crippen LogP contribution in [0.2, 0.25) is 0 Å². The normalized spacial score (nSPS) is 10.6. The Balaban J connectivity index is 2.52. The van der Waals surface area contributed by atoms with Crippen LogP contribution >= 0.6 is 15.9 Å². The standard InChI is InChI=1S/C14H23BrN2O3/c1-3-20-14-12(15)8-11(9-13(14)19-2)10-17-5-4-16-6-7-18/h8-9,16-18H,3-7,10H2,1-2H3. The Morgan fingerprint density at radius 1 is 1.20 bits per heavy atom. The van der Waals surface area contributed by atoms with E-state index in [4.69, 9.17) is 14.6 Å². The Bertz CT molecular complexity index is 402. The van der Waals surface area contributed by atoms with Crippen LogP contribution in [0.5, 0.6) is 11.5 Å². The fraction of sp³-hybridized carbons (Fsp3) is 0.571. The summed E-state index contributed by atoms with van der Waals surface area (Å²) in [5.41, 5.74) is 1.12. The van der Waals surface area contributed by atoms with Gasteiger partial charge in [0.05, 0.1) is 24.8 Å². The van der Waals surface area contributed by atoms with Crippen molar-refractivity contribution in [3.05, 3.63) is 22.2 Å². The largest absolute Gasteiger partial charge is 0.493 e. The van der Waals surface area contributed by atoms with E-state index in [0.717, 1.165) is 41.2 Å². The van der Waals surface area contributed by atoms with Crippen molar-refractivity contribution in [1.82, 2.24) is 10.6 Å². The summed E-state index contributed by atoms with van der Waals surface area (Å²) in [6, 6.07) is 4.01. The van der Waals surface area contributed by atoms with Gasteiger partial charge in [-0.2, -0.15) is 0 Å². The van der Waals surface area contributed by atoms with Gasteiger partial charge in [-0.05, 0) is 40.5 Å². The molecule has 0 fully saturated rings. The number of nitrogens with one attached hydrogen (secondary N) is 2. The van der Waals surface area contributed by atoms with Crippen LogP contribution in [-0.4, -0.2) is 45.1 Å². The first-order valence-corrected chi connectivity index (χ1v) is 7.53. The number of benzene rings is 1. The summed E-state index contributed by atoms with van der Waals surface area (Å²) in [5, 5.41) is 15.1. The van der Waals surface area contributed by atoms with Gasteiger partial charge in [-0.1, -0.05) is 0 Å². The number of methoxy groups -OCH3 is 1. The zero-order chi connectivity index (χ0) is 14.8. The maximum Gasteiger partial charge on any atom is 0.175 e. The molecular weight excluding hydrogens is 324 g/mol. The number of hydrogen-bond acceptors (Lipinski definition) is 5. The fourth-order valence-corrected chi connectivity index (χ4v) is 2.38. The summed E-state index contributed by atoms with van der Waals surface area (Å²) >= 11 is 3.51. The number of rotatable bonds is 10. The monoisotopic (exact) mass is 346 g/mol. The SMILES string of the molecule is CCOc1c(Br)cc(CNCCNCCO)cc1OC. The van der Waals surface area contributed by atoms with Gasteiger partial charge >= 0.3 is 0 Å². The minimum Gasteiger partial charge on any atom is -0.493 e. The lowest BCUT2D eigenvalue weighted by Crippen LogP contribution is -2.28. The van der Waals surface area contributed by atoms with Gasteiger partial charge in [-0.3, -0.25) is 0 Å². The highest BCUT2D eigenvalue weighted by atomic mass is 79.9. The van der Waals surface area contributed by atoms with Crippen LogP contribution in [0.15, 0.2) is 16.6 Å². The molecule has 0 atom stereocenters. The van der Waals surface area contributed by atoms with Gasteiger partial charge < -0.3 is 25.2 Å². The predicted octanol–water partition coefficient (Wildman–Crippen LogP) is 1.53. The van der Waals surface area contributed by atoms with Gasteiger partial charge in [0.15, 0.2) is 11.5 Å². The van der Waals surface area contributed by atoms with E-state index >= 15 is 0 Å². The van der Waals surface area contributed by atoms with Crippen molar-refractivity contribution in [3.63, 3.8) is 0 Å². The van der Waals surface area contributed by atoms with Crippen molar-refractivity contribution in [1.29, 1.82) is 0 Å². The number of halogens is 1. The number of hydrogen-bond donors (Lipinski definition) is 3. The smallest absolute Gasteiger partial charge is 0.175 e. The van der Waals surface area contributed by atoms with Crippen molar-refractivity contribution >= 4 is 15.9 Å². The van der Waals surface area contributed by atoms with E-state index in [0.29, 0.717) is 13.2 Å². The first kappa shape index (κ1) is 17.2. The van der Waals surface area contributed by atoms with Crippen molar-refractivity contribution in [2.45, 2.75) is 13.5 Å². The molecule has 0 aromatic heterocycles. The minimum atomic E-state index is 0.170. The quantitative estimate of drug-likeness (QED) is 0.561. The highest BCUT2D eigenvalue weighted by Crippen LogP contribution is 2.36. The van der Waals surface area contributed by atoms with Crippen molar-refractivity contribution in [2.24, 2.45) is 0 Å². The van der Waals surface area contributed by atoms with Crippen LogP contribution in [0, 0.1) is 0 Å². The maximum atomic E-state index is 8.64. The predicted molar refractivity (Wildman–Crippen MR) is 83.5 cm³/mol. The summed E-state index contributed by atoms with van der Waals surface area (Å²) in [6.07, 6.45) is 0. The Labute approximate surface area is 128 Å². The van der Waals surface area contributed by atoms with Crippen molar-refractivity contribution < 1.29 is 14.6 Å². The second-order valence-corrected chi connectivity index (χ2v) is 5.05. The average Bonchev–Trinajstić information content (AvgIpc) is 2.45. The molecule has 0 amide bonds. The summed E-state index contributed by atoms with van der Waals surface area (Å²) in [5.74, 6) is 1.47. The van der Waals surface area contributed by atoms with Crippen LogP contribution in [0.1, 0.15) is 12.5 Å². The zero-order valence-corrected chi connectivity index (χ0v) is 13.6. The molecule has 0 spiro atoms. The molecule has 0 radical (unpaired) electrons. The molecule has 114 valence electrons. The van der Waals surface area contributed by atoms with E-state index < -0.39 is 0 Å². The highest BCUT2D eigenvalue weighted by molar-refractivity contribution is 9.10. The van der Waals surface area contributed by atoms with Crippen LogP contribution in [-0.2, 0) is 6.54 Å². The average molecular weight is 347 g/mol. The summed E-state index contributed by atoms with van der Waals surface area (Å²) in [4.78, 5) is 0. The van der Waals surface area contributed by atoms with Crippen LogP contribution < -0.4 is 20.1 Å². The molecule has 3 N–H and O–H groups in total. The number of ether oxygens (including phenoxy) is 2. The Hall–Kier alpha value is -0.820. The minimum absolute atomic E-state index is 0.170. The first-order valence-electron chi connectivity index (χ1n) is 6.74. The topological polar surface area (TPSA) is 62.8 Å². The molecule has 0 aliphatic rings. The molecule has 5 nitrogen and oxygen atoms in total. The van der Waals surface area contributed by atoms with E-state index in [1.807, 2.05) is 19.1 Å². The molecule has 1 aromatic rings. The van der Waals surface area contributed by atoms with Crippen LogP contribution in [0.4, 0.5) is 0 Å². The molecule has 1 aromatic carbocycles. The number of aliphatic hydroxyl groups is 1. The first-order chi connectivity index (χ1) is 9.72. The summed E-state index contributed by atoms with van der Waals surface area (Å²) in [7, 11) is 1.64. The van der Waals surface area contributed by atoms with E-state index in [9.17, 15) is 0 Å². The molecular formula is C14H23BrN2O3. The maximum absolute atomic E-state index is 8.64. The van der Waals surface area contributed by atoms with Crippen molar-refractivity contribution in [3.8, 4) is 11.5 Å². The van der Waals surface area contributed by atoms with E-state index in [2.05, 4.69) is 26.6 Å². The van der Waals surface area contributed by atoms with E-state index in [1.54, 1.807) is 7.11 Å². The molecule has 0 bridgehead atoms. The van der Waals surface area contributed by atoms with E-state index in [-0.39, 0.29) is 6.61 Å². The van der Waals surface area contributed by atoms with Gasteiger partial charge in [0, 0.05) is 26.2 Å². The van der Waals surface area contributed by atoms with E-state index in [1.165, 1.54) is 0 Å². The molecule has 0 unspecified atom stereocenters. The fourth-order valence-electron chi connectivity index (χ4n) is 1.77. The van der Waals surface area contributed by atoms with Crippen LogP contribution in [0.3, 0.4) is 0 Å². The molecule has 6 heteroatoms. The lowest BCUT2D eigenvalue weighted by atomic mass is 10.2. The Morgan fingerprint density at radius 2 is 1.95 bits per heavy atom. The summed E-state index contributed by atoms with van der Waals surface area (Å²) < 4.78 is 11.8. The lowest BCUT2D eigenvalue weighted by Gasteiger charge is -2.14. The van der Waals surface area contributed by atoms with Crippen LogP contribution in [0.25, 0.3) is 0 Å². The van der Waals surface area contributed by atoms with Gasteiger partial charge in [-0.25, -0.2) is 0 Å². The Morgan fingerprint density at radius 3 is 2.60 bits per heavy atom. The van der Waals surface area contributed by atoms with Gasteiger partial charge in [-0.15, -0.1) is 0 Å². The van der Waals surface area contributed by atoms with Crippen molar-refractivity contribution in [2.75, 3.05) is 40.0 Å². The highest BCUT2D eigenvalue weighted by Gasteiger charge is 2.10. The second kappa shape index (κ2) is 9.99. The molecule has 0 saturated carbocycles. The molecule has 0 heterocycles. The molecule has 0 aliphatic heterocycles. The molecule has 1 rings (SSSR count).